The lowest BCUT2D eigenvalue weighted by molar-refractivity contribution is 0.590. The molecule has 6 nitrogen and oxygen atoms in total. The Labute approximate surface area is 653 Å². The maximum Gasteiger partial charge on any atom is 0.252 e. The van der Waals surface area contributed by atoms with Gasteiger partial charge in [-0.05, 0) is 145 Å². The summed E-state index contributed by atoms with van der Waals surface area (Å²) in [6.07, 6.45) is 0. The van der Waals surface area contributed by atoms with Crippen LogP contribution < -0.4 is 26.2 Å². The molecule has 21 aromatic rings. The summed E-state index contributed by atoms with van der Waals surface area (Å²) in [5, 5.41) is 8.64. The number of rotatable bonds is 10. The van der Waals surface area contributed by atoms with Crippen LogP contribution in [0.25, 0.3) is 177 Å². The van der Waals surface area contributed by atoms with E-state index >= 15 is 0 Å². The summed E-state index contributed by atoms with van der Waals surface area (Å²) < 4.78 is 28.1. The Balaban J connectivity index is 0.882. The van der Waals surface area contributed by atoms with Crippen molar-refractivity contribution >= 4 is 145 Å². The second kappa shape index (κ2) is 25.1. The van der Waals surface area contributed by atoms with Gasteiger partial charge in [-0.2, -0.15) is 0 Å². The molecule has 0 N–H and O–H groups in total. The van der Waals surface area contributed by atoms with Crippen LogP contribution in [0.3, 0.4) is 0 Å². The Hall–Kier alpha value is -14.4. The lowest BCUT2D eigenvalue weighted by Gasteiger charge is -2.46. The van der Waals surface area contributed by atoms with E-state index in [2.05, 4.69) is 395 Å². The highest BCUT2D eigenvalue weighted by Gasteiger charge is 2.47. The van der Waals surface area contributed by atoms with Crippen LogP contribution in [0.5, 0.6) is 0 Å². The van der Waals surface area contributed by atoms with Crippen molar-refractivity contribution in [1.29, 1.82) is 0 Å². The van der Waals surface area contributed by atoms with Crippen LogP contribution in [0, 0.1) is 0 Å². The molecule has 2 aliphatic heterocycles. The SMILES string of the molecule is CC(C)(C)c1cc2c3c(c1)N(c1c(-c4ccccc4)cc(-c4cccc5c4oc4ccccc45)cc1-c1ccccc1)c1ccc(-c4cccc5c4oc4ccccc45)cc1B3c1cc(-c3cccc4c3oc3ccccc34)ccc1N2c1c(-c2ccccc2)cc(-c2cccc3c2oc2ccccc23)cc1-c1ccccc1. The number of hydrogen-bond acceptors (Lipinski definition) is 6. The minimum Gasteiger partial charge on any atom is -0.455 e. The van der Waals surface area contributed by atoms with Gasteiger partial charge in [-0.15, -0.1) is 0 Å². The molecule has 0 aliphatic carbocycles. The molecule has 6 heterocycles. The standard InChI is InChI=1S/C106H69BN2O4/c1-106(2,3)72-62-93-99-94(63-72)109(101-87(66-32-12-6-13-33-66)58-71(59-88(101)67-34-14-7-15-35-67)76-43-27-47-84-80-39-19-23-51-98(80)113-105(76)84)92-55-53-69(74-41-25-45-82-78-37-17-21-49-96(78)111-103(74)82)61-90(92)107(99)89-60-68(73-40-24-44-81-77-36-16-20-48-95(77)110-102(73)81)52-54-91(89)108(93)100-85(64-28-8-4-9-29-64)56-70(57-86(100)65-30-10-5-11-31-65)75-42-26-46-83-79-38-18-22-50-97(79)112-104(75)83/h4-63H,1-3H3. The topological polar surface area (TPSA) is 59.0 Å². The molecule has 0 radical (unpaired) electrons. The van der Waals surface area contributed by atoms with Gasteiger partial charge >= 0.3 is 0 Å². The number of hydrogen-bond donors (Lipinski definition) is 0. The highest BCUT2D eigenvalue weighted by molar-refractivity contribution is 7.00. The zero-order valence-electron chi connectivity index (χ0n) is 62.2. The van der Waals surface area contributed by atoms with Crippen LogP contribution in [-0.4, -0.2) is 6.71 Å². The molecule has 23 rings (SSSR count). The van der Waals surface area contributed by atoms with Crippen molar-refractivity contribution in [2.75, 3.05) is 9.80 Å². The van der Waals surface area contributed by atoms with Gasteiger partial charge in [0.25, 0.3) is 6.71 Å². The van der Waals surface area contributed by atoms with Crippen LogP contribution in [0.15, 0.2) is 382 Å². The fraction of sp³-hybridized carbons (Fsp3) is 0.0377. The van der Waals surface area contributed by atoms with Crippen LogP contribution in [0.2, 0.25) is 0 Å². The summed E-state index contributed by atoms with van der Waals surface area (Å²) in [5.74, 6) is 0. The fourth-order valence-electron chi connectivity index (χ4n) is 18.6. The Morgan fingerprint density at radius 2 is 0.496 bits per heavy atom. The molecular weight excluding hydrogens is 1380 g/mol. The van der Waals surface area contributed by atoms with E-state index in [-0.39, 0.29) is 12.1 Å². The van der Waals surface area contributed by atoms with Gasteiger partial charge in [0.1, 0.15) is 44.7 Å². The van der Waals surface area contributed by atoms with Gasteiger partial charge in [0.15, 0.2) is 0 Å². The zero-order chi connectivity index (χ0) is 74.7. The van der Waals surface area contributed by atoms with Crippen molar-refractivity contribution < 1.29 is 17.7 Å². The Kier molecular flexibility index (Phi) is 14.3. The zero-order valence-corrected chi connectivity index (χ0v) is 62.2. The largest absolute Gasteiger partial charge is 0.455 e. The molecule has 4 aromatic heterocycles. The van der Waals surface area contributed by atoms with E-state index in [9.17, 15) is 0 Å². The molecule has 0 fully saturated rings. The van der Waals surface area contributed by atoms with Crippen molar-refractivity contribution in [3.63, 3.8) is 0 Å². The number of benzene rings is 17. The summed E-state index contributed by atoms with van der Waals surface area (Å²) in [7, 11) is 0. The third-order valence-corrected chi connectivity index (χ3v) is 23.8. The van der Waals surface area contributed by atoms with E-state index in [1.807, 2.05) is 0 Å². The average Bonchev–Trinajstić information content (AvgIpc) is 1.43. The second-order valence-corrected chi connectivity index (χ2v) is 31.3. The number of para-hydroxylation sites is 8. The van der Waals surface area contributed by atoms with Crippen molar-refractivity contribution in [1.82, 2.24) is 0 Å². The molecule has 0 saturated heterocycles. The predicted molar refractivity (Wildman–Crippen MR) is 472 cm³/mol. The van der Waals surface area contributed by atoms with E-state index in [1.54, 1.807) is 0 Å². The van der Waals surface area contributed by atoms with Crippen molar-refractivity contribution in [3.8, 4) is 89.0 Å². The Morgan fingerprint density at radius 1 is 0.221 bits per heavy atom. The van der Waals surface area contributed by atoms with Crippen molar-refractivity contribution in [3.05, 3.63) is 370 Å². The summed E-state index contributed by atoms with van der Waals surface area (Å²) in [6, 6.07) is 134. The molecule has 17 aromatic carbocycles. The Morgan fingerprint density at radius 3 is 0.796 bits per heavy atom. The summed E-state index contributed by atoms with van der Waals surface area (Å²) >= 11 is 0. The van der Waals surface area contributed by atoms with E-state index < -0.39 is 0 Å². The van der Waals surface area contributed by atoms with Gasteiger partial charge in [0, 0.05) is 110 Å². The molecule has 0 saturated carbocycles. The van der Waals surface area contributed by atoms with Gasteiger partial charge < -0.3 is 27.5 Å². The quantitative estimate of drug-likeness (QED) is 0.127. The molecule has 0 bridgehead atoms. The average molecular weight is 1450 g/mol. The summed E-state index contributed by atoms with van der Waals surface area (Å²) in [4.78, 5) is 5.33. The molecule has 7 heteroatoms. The van der Waals surface area contributed by atoms with Gasteiger partial charge in [-0.25, -0.2) is 0 Å². The third kappa shape index (κ3) is 10.1. The number of nitrogens with zero attached hydrogens (tertiary/aromatic N) is 2. The highest BCUT2D eigenvalue weighted by Crippen LogP contribution is 2.57. The summed E-state index contributed by atoms with van der Waals surface area (Å²) in [5.41, 5.74) is 34.2. The van der Waals surface area contributed by atoms with Gasteiger partial charge in [-0.1, -0.05) is 312 Å². The first-order valence-electron chi connectivity index (χ1n) is 39.0. The minimum absolute atomic E-state index is 0.383. The molecule has 530 valence electrons. The second-order valence-electron chi connectivity index (χ2n) is 31.3. The third-order valence-electron chi connectivity index (χ3n) is 23.8. The molecular formula is C106H69BN2O4. The van der Waals surface area contributed by atoms with E-state index in [1.165, 1.54) is 11.0 Å². The molecule has 113 heavy (non-hydrogen) atoms. The van der Waals surface area contributed by atoms with Crippen molar-refractivity contribution in [2.24, 2.45) is 0 Å². The fourth-order valence-corrected chi connectivity index (χ4v) is 18.6. The van der Waals surface area contributed by atoms with E-state index in [4.69, 9.17) is 17.7 Å². The highest BCUT2D eigenvalue weighted by atomic mass is 16.3. The summed E-state index contributed by atoms with van der Waals surface area (Å²) in [6.45, 7) is 6.72. The van der Waals surface area contributed by atoms with E-state index in [0.717, 1.165) is 222 Å². The van der Waals surface area contributed by atoms with Gasteiger partial charge in [-0.3, -0.25) is 0 Å². The van der Waals surface area contributed by atoms with E-state index in [0.29, 0.717) is 0 Å². The normalized spacial score (nSPS) is 12.7. The number of fused-ring (bicyclic) bond motifs is 16. The molecule has 0 atom stereocenters. The number of anilines is 6. The lowest BCUT2D eigenvalue weighted by atomic mass is 9.33. The predicted octanol–water partition coefficient (Wildman–Crippen LogP) is 28.0. The Bertz CT molecular complexity index is 6930. The number of furan rings is 4. The molecule has 0 amide bonds. The van der Waals surface area contributed by atoms with Gasteiger partial charge in [0.2, 0.25) is 0 Å². The lowest BCUT2D eigenvalue weighted by Crippen LogP contribution is -2.61. The van der Waals surface area contributed by atoms with Crippen LogP contribution in [0.4, 0.5) is 34.1 Å². The van der Waals surface area contributed by atoms with Crippen LogP contribution in [0.1, 0.15) is 26.3 Å². The minimum atomic E-state index is -0.386. The first-order valence-corrected chi connectivity index (χ1v) is 39.0. The first kappa shape index (κ1) is 64.6. The molecule has 0 spiro atoms. The molecule has 2 aliphatic rings. The molecule has 0 unspecified atom stereocenters. The monoisotopic (exact) mass is 1440 g/mol. The van der Waals surface area contributed by atoms with Gasteiger partial charge in [0.05, 0.1) is 11.4 Å². The maximum atomic E-state index is 7.05. The van der Waals surface area contributed by atoms with Crippen molar-refractivity contribution in [2.45, 2.75) is 26.2 Å². The smallest absolute Gasteiger partial charge is 0.252 e. The maximum absolute atomic E-state index is 7.05. The van der Waals surface area contributed by atoms with Crippen LogP contribution >= 0.6 is 0 Å². The van der Waals surface area contributed by atoms with Crippen LogP contribution in [-0.2, 0) is 5.41 Å². The first-order chi connectivity index (χ1) is 55.7.